The van der Waals surface area contributed by atoms with Crippen molar-refractivity contribution in [1.29, 1.82) is 0 Å². The SMILES string of the molecule is CC(C)NC1CCc2c(Cl)cccc21. The lowest BCUT2D eigenvalue weighted by molar-refractivity contribution is 0.475. The van der Waals surface area contributed by atoms with Crippen molar-refractivity contribution in [3.8, 4) is 0 Å². The summed E-state index contributed by atoms with van der Waals surface area (Å²) in [6, 6.07) is 7.25. The van der Waals surface area contributed by atoms with Crippen LogP contribution in [-0.4, -0.2) is 6.04 Å². The molecule has 76 valence electrons. The summed E-state index contributed by atoms with van der Waals surface area (Å²) >= 11 is 6.14. The van der Waals surface area contributed by atoms with Crippen molar-refractivity contribution in [2.24, 2.45) is 0 Å². The van der Waals surface area contributed by atoms with E-state index in [0.717, 1.165) is 11.4 Å². The second-order valence-electron chi connectivity index (χ2n) is 4.22. The van der Waals surface area contributed by atoms with Crippen molar-refractivity contribution in [1.82, 2.24) is 5.32 Å². The third kappa shape index (κ3) is 1.79. The molecule has 0 aromatic heterocycles. The molecule has 1 aromatic carbocycles. The number of hydrogen-bond acceptors (Lipinski definition) is 1. The summed E-state index contributed by atoms with van der Waals surface area (Å²) in [6.07, 6.45) is 2.29. The van der Waals surface area contributed by atoms with Crippen LogP contribution in [0.5, 0.6) is 0 Å². The summed E-state index contributed by atoms with van der Waals surface area (Å²) in [5.74, 6) is 0. The molecule has 0 fully saturated rings. The Bertz CT molecular complexity index is 333. The van der Waals surface area contributed by atoms with Crippen molar-refractivity contribution >= 4 is 11.6 Å². The minimum absolute atomic E-state index is 0.503. The van der Waals surface area contributed by atoms with Crippen LogP contribution in [0.4, 0.5) is 0 Å². The molecular formula is C12H16ClN. The first-order chi connectivity index (χ1) is 6.68. The molecule has 1 nitrogen and oxygen atoms in total. The summed E-state index contributed by atoms with van der Waals surface area (Å²) in [4.78, 5) is 0. The molecule has 2 heteroatoms. The van der Waals surface area contributed by atoms with Gasteiger partial charge in [-0.3, -0.25) is 0 Å². The van der Waals surface area contributed by atoms with E-state index >= 15 is 0 Å². The van der Waals surface area contributed by atoms with Crippen LogP contribution in [0.25, 0.3) is 0 Å². The number of hydrogen-bond donors (Lipinski definition) is 1. The molecular weight excluding hydrogens is 194 g/mol. The molecule has 0 heterocycles. The van der Waals surface area contributed by atoms with Crippen molar-refractivity contribution in [3.05, 3.63) is 34.3 Å². The minimum atomic E-state index is 0.503. The quantitative estimate of drug-likeness (QED) is 0.788. The molecule has 0 saturated heterocycles. The van der Waals surface area contributed by atoms with Gasteiger partial charge in [-0.15, -0.1) is 0 Å². The fraction of sp³-hybridized carbons (Fsp3) is 0.500. The Morgan fingerprint density at radius 3 is 2.93 bits per heavy atom. The third-order valence-corrected chi connectivity index (χ3v) is 3.10. The van der Waals surface area contributed by atoms with Gasteiger partial charge in [-0.1, -0.05) is 37.6 Å². The largest absolute Gasteiger partial charge is 0.308 e. The highest BCUT2D eigenvalue weighted by Crippen LogP contribution is 2.35. The lowest BCUT2D eigenvalue weighted by atomic mass is 10.1. The van der Waals surface area contributed by atoms with Crippen LogP contribution in [0, 0.1) is 0 Å². The van der Waals surface area contributed by atoms with Crippen LogP contribution in [-0.2, 0) is 6.42 Å². The standard InChI is InChI=1S/C12H16ClN/c1-8(2)14-12-7-6-9-10(12)4-3-5-11(9)13/h3-5,8,12,14H,6-7H2,1-2H3. The van der Waals surface area contributed by atoms with Crippen LogP contribution in [0.2, 0.25) is 5.02 Å². The maximum Gasteiger partial charge on any atom is 0.0441 e. The highest BCUT2D eigenvalue weighted by Gasteiger charge is 2.23. The zero-order chi connectivity index (χ0) is 10.1. The average molecular weight is 210 g/mol. The summed E-state index contributed by atoms with van der Waals surface area (Å²) in [5.41, 5.74) is 2.73. The molecule has 1 N–H and O–H groups in total. The third-order valence-electron chi connectivity index (χ3n) is 2.75. The Balaban J connectivity index is 2.26. The molecule has 14 heavy (non-hydrogen) atoms. The van der Waals surface area contributed by atoms with Crippen molar-refractivity contribution in [2.75, 3.05) is 0 Å². The molecule has 0 spiro atoms. The van der Waals surface area contributed by atoms with Crippen molar-refractivity contribution < 1.29 is 0 Å². The van der Waals surface area contributed by atoms with Gasteiger partial charge in [-0.2, -0.15) is 0 Å². The lowest BCUT2D eigenvalue weighted by Gasteiger charge is -2.17. The number of fused-ring (bicyclic) bond motifs is 1. The van der Waals surface area contributed by atoms with Crippen LogP contribution in [0.1, 0.15) is 37.4 Å². The molecule has 0 radical (unpaired) electrons. The summed E-state index contributed by atoms with van der Waals surface area (Å²) in [6.45, 7) is 4.37. The van der Waals surface area contributed by atoms with E-state index in [2.05, 4.69) is 25.2 Å². The van der Waals surface area contributed by atoms with Gasteiger partial charge in [0, 0.05) is 17.1 Å². The lowest BCUT2D eigenvalue weighted by Crippen LogP contribution is -2.26. The van der Waals surface area contributed by atoms with Gasteiger partial charge in [-0.05, 0) is 30.0 Å². The van der Waals surface area contributed by atoms with E-state index in [0.29, 0.717) is 12.1 Å². The summed E-state index contributed by atoms with van der Waals surface area (Å²) in [7, 11) is 0. The van der Waals surface area contributed by atoms with Gasteiger partial charge in [0.2, 0.25) is 0 Å². The average Bonchev–Trinajstić information content (AvgIpc) is 2.49. The van der Waals surface area contributed by atoms with Gasteiger partial charge < -0.3 is 5.32 Å². The van der Waals surface area contributed by atoms with Crippen molar-refractivity contribution in [3.63, 3.8) is 0 Å². The van der Waals surface area contributed by atoms with Gasteiger partial charge in [0.05, 0.1) is 0 Å². The molecule has 1 aliphatic carbocycles. The maximum absolute atomic E-state index is 6.14. The topological polar surface area (TPSA) is 12.0 Å². The predicted octanol–water partition coefficient (Wildman–Crippen LogP) is 3.33. The zero-order valence-electron chi connectivity index (χ0n) is 8.68. The van der Waals surface area contributed by atoms with Gasteiger partial charge in [-0.25, -0.2) is 0 Å². The molecule has 0 saturated carbocycles. The molecule has 0 bridgehead atoms. The molecule has 2 rings (SSSR count). The van der Waals surface area contributed by atoms with E-state index in [-0.39, 0.29) is 0 Å². The van der Waals surface area contributed by atoms with Crippen LogP contribution >= 0.6 is 11.6 Å². The second-order valence-corrected chi connectivity index (χ2v) is 4.63. The van der Waals surface area contributed by atoms with Crippen LogP contribution in [0.15, 0.2) is 18.2 Å². The Kier molecular flexibility index (Phi) is 2.80. The van der Waals surface area contributed by atoms with Crippen LogP contribution in [0.3, 0.4) is 0 Å². The number of halogens is 1. The van der Waals surface area contributed by atoms with E-state index in [1.165, 1.54) is 17.5 Å². The number of benzene rings is 1. The molecule has 1 aromatic rings. The number of nitrogens with one attached hydrogen (secondary N) is 1. The first-order valence-corrected chi connectivity index (χ1v) is 5.59. The van der Waals surface area contributed by atoms with Crippen molar-refractivity contribution in [2.45, 2.75) is 38.8 Å². The molecule has 1 unspecified atom stereocenters. The Morgan fingerprint density at radius 2 is 2.21 bits per heavy atom. The highest BCUT2D eigenvalue weighted by molar-refractivity contribution is 6.31. The smallest absolute Gasteiger partial charge is 0.0441 e. The van der Waals surface area contributed by atoms with E-state index in [1.807, 2.05) is 12.1 Å². The predicted molar refractivity (Wildman–Crippen MR) is 60.8 cm³/mol. The minimum Gasteiger partial charge on any atom is -0.308 e. The normalized spacial score (nSPS) is 20.1. The van der Waals surface area contributed by atoms with E-state index in [9.17, 15) is 0 Å². The zero-order valence-corrected chi connectivity index (χ0v) is 9.43. The first-order valence-electron chi connectivity index (χ1n) is 5.22. The van der Waals surface area contributed by atoms with Gasteiger partial charge in [0.25, 0.3) is 0 Å². The molecule has 0 amide bonds. The molecule has 1 atom stereocenters. The highest BCUT2D eigenvalue weighted by atomic mass is 35.5. The fourth-order valence-corrected chi connectivity index (χ4v) is 2.46. The van der Waals surface area contributed by atoms with E-state index < -0.39 is 0 Å². The molecule has 0 aliphatic heterocycles. The Hall–Kier alpha value is -0.530. The van der Waals surface area contributed by atoms with Crippen LogP contribution < -0.4 is 5.32 Å². The van der Waals surface area contributed by atoms with Gasteiger partial charge in [0.15, 0.2) is 0 Å². The van der Waals surface area contributed by atoms with E-state index in [1.54, 1.807) is 0 Å². The van der Waals surface area contributed by atoms with E-state index in [4.69, 9.17) is 11.6 Å². The summed E-state index contributed by atoms with van der Waals surface area (Å²) in [5, 5.41) is 4.49. The summed E-state index contributed by atoms with van der Waals surface area (Å²) < 4.78 is 0. The molecule has 1 aliphatic rings. The Morgan fingerprint density at radius 1 is 1.43 bits per heavy atom. The Labute approximate surface area is 90.5 Å². The number of rotatable bonds is 2. The maximum atomic E-state index is 6.14. The van der Waals surface area contributed by atoms with Gasteiger partial charge in [0.1, 0.15) is 0 Å². The fourth-order valence-electron chi connectivity index (χ4n) is 2.19. The van der Waals surface area contributed by atoms with Gasteiger partial charge >= 0.3 is 0 Å². The second kappa shape index (κ2) is 3.92. The monoisotopic (exact) mass is 209 g/mol. The first kappa shape index (κ1) is 10.0.